The summed E-state index contributed by atoms with van der Waals surface area (Å²) in [5.74, 6) is 0.0896. The molecule has 0 bridgehead atoms. The summed E-state index contributed by atoms with van der Waals surface area (Å²) in [6, 6.07) is 19.0. The van der Waals surface area contributed by atoms with Crippen LogP contribution in [-0.2, 0) is 23.0 Å². The highest BCUT2D eigenvalue weighted by molar-refractivity contribution is 6.37. The minimum absolute atomic E-state index is 0.212. The normalized spacial score (nSPS) is 18.8. The number of aromatic nitrogens is 1. The lowest BCUT2D eigenvalue weighted by Gasteiger charge is -2.40. The number of nitrogens with one attached hydrogen (secondary N) is 1. The Labute approximate surface area is 289 Å². The molecule has 258 valence electrons. The fourth-order valence-electron chi connectivity index (χ4n) is 7.34. The van der Waals surface area contributed by atoms with E-state index in [1.54, 1.807) is 18.2 Å². The van der Waals surface area contributed by atoms with Gasteiger partial charge in [0.25, 0.3) is 5.91 Å². The van der Waals surface area contributed by atoms with Gasteiger partial charge in [-0.2, -0.15) is 13.2 Å². The van der Waals surface area contributed by atoms with Crippen molar-refractivity contribution in [2.45, 2.75) is 56.9 Å². The first-order valence-electron chi connectivity index (χ1n) is 17.0. The second kappa shape index (κ2) is 13.9. The molecule has 0 radical (unpaired) electrons. The predicted molar refractivity (Wildman–Crippen MR) is 184 cm³/mol. The molecule has 1 aromatic heterocycles. The average Bonchev–Trinajstić information content (AvgIpc) is 3.90. The third kappa shape index (κ3) is 7.01. The highest BCUT2D eigenvalue weighted by Gasteiger charge is 2.46. The van der Waals surface area contributed by atoms with Crippen molar-refractivity contribution in [3.8, 4) is 17.0 Å². The van der Waals surface area contributed by atoms with E-state index in [2.05, 4.69) is 15.1 Å². The lowest BCUT2D eigenvalue weighted by Crippen LogP contribution is -2.48. The number of hydrogen-bond donors (Lipinski definition) is 1. The molecule has 2 aliphatic heterocycles. The molecule has 0 unspecified atom stereocenters. The minimum atomic E-state index is -4.55. The Bertz CT molecular complexity index is 1820. The van der Waals surface area contributed by atoms with E-state index in [9.17, 15) is 18.0 Å². The first-order valence-corrected chi connectivity index (χ1v) is 17.4. The molecule has 49 heavy (non-hydrogen) atoms. The average molecular weight is 693 g/mol. The highest BCUT2D eigenvalue weighted by Crippen LogP contribution is 2.46. The van der Waals surface area contributed by atoms with Crippen LogP contribution >= 0.6 is 11.6 Å². The lowest BCUT2D eigenvalue weighted by atomic mass is 9.93. The number of ether oxygens (including phenoxy) is 2. The number of likely N-dealkylation sites (tertiary alicyclic amines) is 1. The van der Waals surface area contributed by atoms with Crippen molar-refractivity contribution < 1.29 is 27.4 Å². The molecule has 3 aliphatic rings. The standard InChI is InChI=1S/C38H40ClF3N4O3/c1-2-49-31-12-11-29-32(36(47)44-37(15-16-37)26-8-4-3-5-9-26)30(24-45-17-13-28(14-18-45)46-19-21-48-22-20-46)34(43-35(29)33(31)39)25-7-6-10-27(23-25)38(40,41)42/h3-12,23,28H,2,13-22,24H2,1H3,(H,44,47). The van der Waals surface area contributed by atoms with E-state index < -0.39 is 17.3 Å². The van der Waals surface area contributed by atoms with E-state index in [-0.39, 0.29) is 16.5 Å². The Morgan fingerprint density at radius 2 is 1.76 bits per heavy atom. The van der Waals surface area contributed by atoms with E-state index >= 15 is 0 Å². The number of fused-ring (bicyclic) bond motifs is 1. The van der Waals surface area contributed by atoms with Crippen molar-refractivity contribution in [1.29, 1.82) is 0 Å². The van der Waals surface area contributed by atoms with Crippen molar-refractivity contribution in [1.82, 2.24) is 20.1 Å². The Morgan fingerprint density at radius 1 is 1.02 bits per heavy atom. The monoisotopic (exact) mass is 692 g/mol. The molecular formula is C38H40ClF3N4O3. The number of carbonyl (C=O) groups excluding carboxylic acids is 1. The summed E-state index contributed by atoms with van der Waals surface area (Å²) in [6.45, 7) is 7.40. The number of rotatable bonds is 9. The molecule has 4 aromatic rings. The molecule has 1 saturated carbocycles. The van der Waals surface area contributed by atoms with Crippen LogP contribution in [0.3, 0.4) is 0 Å². The third-order valence-electron chi connectivity index (χ3n) is 10.1. The molecule has 1 aliphatic carbocycles. The molecule has 11 heteroatoms. The van der Waals surface area contributed by atoms with Crippen LogP contribution in [0.4, 0.5) is 13.2 Å². The molecule has 7 nitrogen and oxygen atoms in total. The first kappa shape index (κ1) is 33.8. The largest absolute Gasteiger partial charge is 0.492 e. The van der Waals surface area contributed by atoms with Gasteiger partial charge in [-0.05, 0) is 75.5 Å². The molecule has 3 aromatic carbocycles. The van der Waals surface area contributed by atoms with Crippen molar-refractivity contribution in [3.05, 3.63) is 94.0 Å². The number of morpholine rings is 1. The van der Waals surface area contributed by atoms with Gasteiger partial charge in [-0.25, -0.2) is 4.98 Å². The lowest BCUT2D eigenvalue weighted by molar-refractivity contribution is -0.137. The molecule has 7 rings (SSSR count). The maximum Gasteiger partial charge on any atom is 0.416 e. The van der Waals surface area contributed by atoms with Crippen LogP contribution in [0.1, 0.15) is 59.7 Å². The number of benzene rings is 3. The SMILES string of the molecule is CCOc1ccc2c(C(=O)NC3(c4ccccc4)CC3)c(CN3CCC(N4CCOCC4)CC3)c(-c3cccc(C(F)(F)F)c3)nc2c1Cl. The van der Waals surface area contributed by atoms with Crippen LogP contribution in [-0.4, -0.2) is 72.7 Å². The molecule has 1 N–H and O–H groups in total. The van der Waals surface area contributed by atoms with Gasteiger partial charge in [0, 0.05) is 42.2 Å². The minimum Gasteiger partial charge on any atom is -0.492 e. The van der Waals surface area contributed by atoms with Crippen molar-refractivity contribution in [3.63, 3.8) is 0 Å². The molecule has 3 fully saturated rings. The van der Waals surface area contributed by atoms with E-state index in [1.807, 2.05) is 37.3 Å². The van der Waals surface area contributed by atoms with Crippen molar-refractivity contribution in [2.75, 3.05) is 46.0 Å². The summed E-state index contributed by atoms with van der Waals surface area (Å²) >= 11 is 6.91. The zero-order valence-electron chi connectivity index (χ0n) is 27.5. The number of alkyl halides is 3. The molecule has 2 saturated heterocycles. The van der Waals surface area contributed by atoms with E-state index in [0.717, 1.165) is 82.8 Å². The third-order valence-corrected chi connectivity index (χ3v) is 10.4. The van der Waals surface area contributed by atoms with Crippen LogP contribution in [0.5, 0.6) is 5.75 Å². The fraction of sp³-hybridized carbons (Fsp3) is 0.421. The van der Waals surface area contributed by atoms with Gasteiger partial charge in [0.05, 0.1) is 47.7 Å². The maximum absolute atomic E-state index is 14.7. The summed E-state index contributed by atoms with van der Waals surface area (Å²) in [6.07, 6.45) is -1.09. The number of pyridine rings is 1. The van der Waals surface area contributed by atoms with Crippen LogP contribution < -0.4 is 10.1 Å². The topological polar surface area (TPSA) is 66.9 Å². The first-order chi connectivity index (χ1) is 23.7. The molecule has 0 atom stereocenters. The second-order valence-corrected chi connectivity index (χ2v) is 13.5. The van der Waals surface area contributed by atoms with Gasteiger partial charge < -0.3 is 14.8 Å². The number of piperidine rings is 1. The number of hydrogen-bond acceptors (Lipinski definition) is 6. The quantitative estimate of drug-likeness (QED) is 0.194. The number of halogens is 4. The van der Waals surface area contributed by atoms with Gasteiger partial charge in [0.2, 0.25) is 0 Å². The summed E-state index contributed by atoms with van der Waals surface area (Å²) in [5.41, 5.74) is 1.55. The Hall–Kier alpha value is -3.70. The zero-order chi connectivity index (χ0) is 34.2. The van der Waals surface area contributed by atoms with Gasteiger partial charge in [-0.3, -0.25) is 14.6 Å². The Morgan fingerprint density at radius 3 is 2.43 bits per heavy atom. The summed E-state index contributed by atoms with van der Waals surface area (Å²) in [5, 5.41) is 4.08. The maximum atomic E-state index is 14.7. The smallest absolute Gasteiger partial charge is 0.416 e. The fourth-order valence-corrected chi connectivity index (χ4v) is 7.60. The van der Waals surface area contributed by atoms with Gasteiger partial charge in [-0.15, -0.1) is 0 Å². The zero-order valence-corrected chi connectivity index (χ0v) is 28.2. The highest BCUT2D eigenvalue weighted by atomic mass is 35.5. The van der Waals surface area contributed by atoms with E-state index in [0.29, 0.717) is 52.7 Å². The van der Waals surface area contributed by atoms with Crippen LogP contribution in [0.2, 0.25) is 5.02 Å². The predicted octanol–water partition coefficient (Wildman–Crippen LogP) is 7.69. The molecule has 3 heterocycles. The van der Waals surface area contributed by atoms with Gasteiger partial charge in [-0.1, -0.05) is 54.1 Å². The summed E-state index contributed by atoms with van der Waals surface area (Å²) < 4.78 is 53.4. The Balaban J connectivity index is 1.35. The second-order valence-electron chi connectivity index (χ2n) is 13.2. The molecule has 1 amide bonds. The molecule has 0 spiro atoms. The number of nitrogens with zero attached hydrogens (tertiary/aromatic N) is 3. The van der Waals surface area contributed by atoms with Gasteiger partial charge in [0.1, 0.15) is 10.8 Å². The van der Waals surface area contributed by atoms with Crippen LogP contribution in [0.15, 0.2) is 66.7 Å². The van der Waals surface area contributed by atoms with Crippen LogP contribution in [0.25, 0.3) is 22.2 Å². The summed E-state index contributed by atoms with van der Waals surface area (Å²) in [4.78, 5) is 24.5. The van der Waals surface area contributed by atoms with Crippen molar-refractivity contribution in [2.24, 2.45) is 0 Å². The molecular weight excluding hydrogens is 653 g/mol. The van der Waals surface area contributed by atoms with E-state index in [1.165, 1.54) is 6.07 Å². The van der Waals surface area contributed by atoms with E-state index in [4.69, 9.17) is 26.1 Å². The van der Waals surface area contributed by atoms with Gasteiger partial charge >= 0.3 is 6.18 Å². The van der Waals surface area contributed by atoms with Crippen molar-refractivity contribution >= 4 is 28.4 Å². The van der Waals surface area contributed by atoms with Crippen LogP contribution in [0, 0.1) is 0 Å². The summed E-state index contributed by atoms with van der Waals surface area (Å²) in [7, 11) is 0. The number of amides is 1. The van der Waals surface area contributed by atoms with Gasteiger partial charge in [0.15, 0.2) is 0 Å². The number of carbonyl (C=O) groups is 1. The Kier molecular flexibility index (Phi) is 9.58.